The van der Waals surface area contributed by atoms with Crippen LogP contribution in [0.4, 0.5) is 46.9 Å². The molecule has 2 aromatic heterocycles. The number of fused-ring (bicyclic) bond motifs is 1. The van der Waals surface area contributed by atoms with E-state index in [1.165, 1.54) is 17.2 Å². The zero-order chi connectivity index (χ0) is 26.5. The number of alkyl halides is 6. The summed E-state index contributed by atoms with van der Waals surface area (Å²) in [6.45, 7) is 0.807. The maximum absolute atomic E-state index is 13.8. The molecule has 0 saturated carbocycles. The Morgan fingerprint density at radius 3 is 2.08 bits per heavy atom. The number of aromatic amines is 1. The molecule has 0 radical (unpaired) electrons. The van der Waals surface area contributed by atoms with Crippen LogP contribution >= 0.6 is 0 Å². The number of rotatable bonds is 3. The van der Waals surface area contributed by atoms with E-state index in [0.717, 1.165) is 30.3 Å². The van der Waals surface area contributed by atoms with E-state index >= 15 is 0 Å². The highest BCUT2D eigenvalue weighted by Gasteiger charge is 2.37. The molecule has 13 heteroatoms. The van der Waals surface area contributed by atoms with Gasteiger partial charge >= 0.3 is 12.4 Å². The van der Waals surface area contributed by atoms with Crippen molar-refractivity contribution in [3.8, 4) is 11.1 Å². The number of hydrogen-bond acceptors (Lipinski definition) is 4. The largest absolute Gasteiger partial charge is 0.419 e. The molecule has 0 aliphatic carbocycles. The first-order chi connectivity index (χ1) is 17.4. The minimum atomic E-state index is -4.79. The molecule has 5 rings (SSSR count). The Bertz CT molecular complexity index is 1450. The average molecular weight is 527 g/mol. The van der Waals surface area contributed by atoms with Crippen molar-refractivity contribution in [3.63, 3.8) is 0 Å². The topological polar surface area (TPSA) is 48.1 Å². The van der Waals surface area contributed by atoms with Crippen molar-refractivity contribution in [1.82, 2.24) is 15.0 Å². The highest BCUT2D eigenvalue weighted by Crippen LogP contribution is 2.40. The molecular formula is C24H17F8N5. The fourth-order valence-electron chi connectivity index (χ4n) is 4.33. The standard InChI is InChI=1S/C24H17F8N5/c25-17-4-3-13(10-18(17)26)14-11-19-20(12-16(14)24(30,31)32)35-22(34-19)37-8-6-36(7-9-37)21-15(23(27,28)29)2-1-5-33-21/h1-5,10-12H,6-9H2,(H,34,35). The van der Waals surface area contributed by atoms with Crippen molar-refractivity contribution in [3.05, 3.63) is 71.4 Å². The summed E-state index contributed by atoms with van der Waals surface area (Å²) >= 11 is 0. The van der Waals surface area contributed by atoms with Crippen LogP contribution in [-0.2, 0) is 12.4 Å². The second-order valence-corrected chi connectivity index (χ2v) is 8.45. The van der Waals surface area contributed by atoms with Crippen LogP contribution in [0.5, 0.6) is 0 Å². The molecule has 1 aliphatic heterocycles. The van der Waals surface area contributed by atoms with Gasteiger partial charge in [0.2, 0.25) is 5.95 Å². The molecule has 1 N–H and O–H groups in total. The lowest BCUT2D eigenvalue weighted by molar-refractivity contribution is -0.138. The van der Waals surface area contributed by atoms with Gasteiger partial charge in [0, 0.05) is 32.4 Å². The maximum atomic E-state index is 13.8. The lowest BCUT2D eigenvalue weighted by Gasteiger charge is -2.36. The van der Waals surface area contributed by atoms with Crippen LogP contribution in [0.1, 0.15) is 11.1 Å². The van der Waals surface area contributed by atoms with Gasteiger partial charge in [0.1, 0.15) is 5.82 Å². The molecule has 2 aromatic carbocycles. The van der Waals surface area contributed by atoms with Crippen LogP contribution in [0.25, 0.3) is 22.2 Å². The van der Waals surface area contributed by atoms with Crippen LogP contribution in [0, 0.1) is 11.6 Å². The molecule has 5 nitrogen and oxygen atoms in total. The Hall–Kier alpha value is -3.90. The Kier molecular flexibility index (Phi) is 5.95. The van der Waals surface area contributed by atoms with Gasteiger partial charge in [-0.05, 0) is 47.5 Å². The summed E-state index contributed by atoms with van der Waals surface area (Å²) in [5.41, 5.74) is -2.20. The van der Waals surface area contributed by atoms with Gasteiger partial charge in [0.05, 0.1) is 22.2 Å². The van der Waals surface area contributed by atoms with Crippen molar-refractivity contribution in [2.45, 2.75) is 12.4 Å². The van der Waals surface area contributed by atoms with E-state index in [2.05, 4.69) is 15.0 Å². The molecule has 3 heterocycles. The summed E-state index contributed by atoms with van der Waals surface area (Å²) in [7, 11) is 0. The summed E-state index contributed by atoms with van der Waals surface area (Å²) in [4.78, 5) is 14.3. The van der Waals surface area contributed by atoms with Gasteiger partial charge < -0.3 is 14.8 Å². The quantitative estimate of drug-likeness (QED) is 0.319. The van der Waals surface area contributed by atoms with Crippen molar-refractivity contribution >= 4 is 22.8 Å². The van der Waals surface area contributed by atoms with Gasteiger partial charge in [-0.15, -0.1) is 0 Å². The van der Waals surface area contributed by atoms with E-state index in [4.69, 9.17) is 0 Å². The normalized spacial score (nSPS) is 15.0. The number of hydrogen-bond donors (Lipinski definition) is 1. The Morgan fingerprint density at radius 2 is 1.43 bits per heavy atom. The van der Waals surface area contributed by atoms with Gasteiger partial charge in [0.15, 0.2) is 11.6 Å². The third kappa shape index (κ3) is 4.77. The molecule has 0 spiro atoms. The van der Waals surface area contributed by atoms with Gasteiger partial charge in [0.25, 0.3) is 0 Å². The summed E-state index contributed by atoms with van der Waals surface area (Å²) in [6, 6.07) is 6.64. The number of aromatic nitrogens is 3. The van der Waals surface area contributed by atoms with Crippen molar-refractivity contribution in [2.24, 2.45) is 0 Å². The number of nitrogens with one attached hydrogen (secondary N) is 1. The lowest BCUT2D eigenvalue weighted by Crippen LogP contribution is -2.47. The highest BCUT2D eigenvalue weighted by molar-refractivity contribution is 5.86. The minimum Gasteiger partial charge on any atom is -0.353 e. The van der Waals surface area contributed by atoms with Crippen LogP contribution in [0.15, 0.2) is 48.7 Å². The maximum Gasteiger partial charge on any atom is 0.419 e. The fourth-order valence-corrected chi connectivity index (χ4v) is 4.33. The number of imidazole rings is 1. The molecule has 1 aliphatic rings. The first kappa shape index (κ1) is 24.8. The monoisotopic (exact) mass is 527 g/mol. The third-order valence-corrected chi connectivity index (χ3v) is 6.12. The van der Waals surface area contributed by atoms with Gasteiger partial charge in [-0.1, -0.05) is 6.07 Å². The van der Waals surface area contributed by atoms with Crippen molar-refractivity contribution in [2.75, 3.05) is 36.0 Å². The number of H-pyrrole nitrogens is 1. The molecule has 37 heavy (non-hydrogen) atoms. The molecule has 0 unspecified atom stereocenters. The van der Waals surface area contributed by atoms with Crippen LogP contribution in [-0.4, -0.2) is 41.1 Å². The molecule has 194 valence electrons. The zero-order valence-corrected chi connectivity index (χ0v) is 18.8. The second-order valence-electron chi connectivity index (χ2n) is 8.45. The lowest BCUT2D eigenvalue weighted by atomic mass is 9.98. The van der Waals surface area contributed by atoms with Crippen molar-refractivity contribution in [1.29, 1.82) is 0 Å². The number of anilines is 2. The molecule has 1 fully saturated rings. The van der Waals surface area contributed by atoms with E-state index in [9.17, 15) is 35.1 Å². The molecule has 0 amide bonds. The Morgan fingerprint density at radius 1 is 0.757 bits per heavy atom. The summed E-state index contributed by atoms with van der Waals surface area (Å²) in [5.74, 6) is -2.42. The average Bonchev–Trinajstić information content (AvgIpc) is 3.27. The predicted octanol–water partition coefficient (Wildman–Crippen LogP) is 6.27. The first-order valence-corrected chi connectivity index (χ1v) is 11.0. The predicted molar refractivity (Wildman–Crippen MR) is 120 cm³/mol. The number of nitrogens with zero attached hydrogens (tertiary/aromatic N) is 4. The van der Waals surface area contributed by atoms with E-state index in [1.807, 2.05) is 0 Å². The third-order valence-electron chi connectivity index (χ3n) is 6.12. The Labute approximate surface area is 204 Å². The first-order valence-electron chi connectivity index (χ1n) is 11.0. The smallest absolute Gasteiger partial charge is 0.353 e. The summed E-state index contributed by atoms with van der Waals surface area (Å²) in [5, 5.41) is 0. The van der Waals surface area contributed by atoms with Gasteiger partial charge in [-0.3, -0.25) is 0 Å². The molecular weight excluding hydrogens is 510 g/mol. The number of pyridine rings is 1. The molecule has 1 saturated heterocycles. The van der Waals surface area contributed by atoms with Crippen molar-refractivity contribution < 1.29 is 35.1 Å². The highest BCUT2D eigenvalue weighted by atomic mass is 19.4. The second kappa shape index (κ2) is 8.89. The molecule has 4 aromatic rings. The van der Waals surface area contributed by atoms with Crippen LogP contribution in [0.3, 0.4) is 0 Å². The molecule has 0 atom stereocenters. The van der Waals surface area contributed by atoms with Crippen LogP contribution in [0.2, 0.25) is 0 Å². The van der Waals surface area contributed by atoms with E-state index in [-0.39, 0.29) is 60.1 Å². The fraction of sp³-hybridized carbons (Fsp3) is 0.250. The number of halogens is 8. The molecule has 0 bridgehead atoms. The van der Waals surface area contributed by atoms with E-state index in [1.54, 1.807) is 4.90 Å². The Balaban J connectivity index is 1.44. The van der Waals surface area contributed by atoms with Gasteiger partial charge in [-0.25, -0.2) is 18.7 Å². The minimum absolute atomic E-state index is 0.0696. The SMILES string of the molecule is Fc1ccc(-c2cc3nc(N4CCN(c5ncccc5C(F)(F)F)CC4)[nH]c3cc2C(F)(F)F)cc1F. The summed E-state index contributed by atoms with van der Waals surface area (Å²) < 4.78 is 109. The van der Waals surface area contributed by atoms with Gasteiger partial charge in [-0.2, -0.15) is 26.3 Å². The number of benzene rings is 2. The van der Waals surface area contributed by atoms with E-state index < -0.39 is 35.1 Å². The van der Waals surface area contributed by atoms with E-state index in [0.29, 0.717) is 6.07 Å². The number of piperazine rings is 1. The summed E-state index contributed by atoms with van der Waals surface area (Å²) in [6.07, 6.45) is -8.08. The zero-order valence-electron chi connectivity index (χ0n) is 18.8. The van der Waals surface area contributed by atoms with Crippen LogP contribution < -0.4 is 9.80 Å².